The molecular formula is C11H13N3O3S2. The van der Waals surface area contributed by atoms with Crippen LogP contribution in [-0.2, 0) is 14.6 Å². The van der Waals surface area contributed by atoms with Crippen LogP contribution in [0.25, 0.3) is 10.2 Å². The van der Waals surface area contributed by atoms with Gasteiger partial charge in [-0.15, -0.1) is 11.3 Å². The molecule has 0 saturated heterocycles. The standard InChI is InChI=1S/C11H13N3O3S2/c1-2-9(10(13)15)19(16,17)11-14-7-4-3-6(12)5-8(7)18-11/h3-5,9H,2,12H2,1H3,(H2,13,15). The Bertz CT molecular complexity index is 737. The fraction of sp³-hybridized carbons (Fsp3) is 0.273. The van der Waals surface area contributed by atoms with Crippen molar-refractivity contribution in [2.45, 2.75) is 22.9 Å². The summed E-state index contributed by atoms with van der Waals surface area (Å²) in [6.07, 6.45) is 0.121. The van der Waals surface area contributed by atoms with Crippen LogP contribution >= 0.6 is 11.3 Å². The van der Waals surface area contributed by atoms with Crippen molar-refractivity contribution in [3.8, 4) is 0 Å². The molecule has 0 saturated carbocycles. The van der Waals surface area contributed by atoms with E-state index >= 15 is 0 Å². The van der Waals surface area contributed by atoms with E-state index in [0.29, 0.717) is 15.9 Å². The van der Waals surface area contributed by atoms with Gasteiger partial charge in [-0.2, -0.15) is 0 Å². The van der Waals surface area contributed by atoms with Crippen molar-refractivity contribution in [2.75, 3.05) is 5.73 Å². The summed E-state index contributed by atoms with van der Waals surface area (Å²) in [4.78, 5) is 15.3. The highest BCUT2D eigenvalue weighted by Crippen LogP contribution is 2.29. The summed E-state index contributed by atoms with van der Waals surface area (Å²) in [6.45, 7) is 1.60. The summed E-state index contributed by atoms with van der Waals surface area (Å²) in [5, 5.41) is -1.24. The molecule has 1 heterocycles. The Morgan fingerprint density at radius 1 is 1.47 bits per heavy atom. The SMILES string of the molecule is CCC(C(N)=O)S(=O)(=O)c1nc2ccc(N)cc2s1. The molecule has 0 bridgehead atoms. The fourth-order valence-corrected chi connectivity index (χ4v) is 4.78. The quantitative estimate of drug-likeness (QED) is 0.814. The van der Waals surface area contributed by atoms with Crippen molar-refractivity contribution in [3.63, 3.8) is 0 Å². The fourth-order valence-electron chi connectivity index (χ4n) is 1.74. The van der Waals surface area contributed by atoms with Gasteiger partial charge in [0.1, 0.15) is 5.25 Å². The maximum atomic E-state index is 12.3. The number of carbonyl (C=O) groups excluding carboxylic acids is 1. The average molecular weight is 299 g/mol. The lowest BCUT2D eigenvalue weighted by Gasteiger charge is -2.09. The summed E-state index contributed by atoms with van der Waals surface area (Å²) in [6, 6.07) is 4.94. The van der Waals surface area contributed by atoms with Crippen molar-refractivity contribution in [1.82, 2.24) is 4.98 Å². The van der Waals surface area contributed by atoms with E-state index in [1.807, 2.05) is 0 Å². The maximum Gasteiger partial charge on any atom is 0.236 e. The molecule has 0 spiro atoms. The Hall–Kier alpha value is -1.67. The van der Waals surface area contributed by atoms with Crippen molar-refractivity contribution in [1.29, 1.82) is 0 Å². The van der Waals surface area contributed by atoms with Crippen molar-refractivity contribution in [3.05, 3.63) is 18.2 Å². The van der Waals surface area contributed by atoms with Crippen molar-refractivity contribution >= 4 is 43.0 Å². The first kappa shape index (κ1) is 13.8. The Labute approximate surface area is 114 Å². The number of nitrogens with zero attached hydrogens (tertiary/aromatic N) is 1. The Balaban J connectivity index is 2.57. The number of amides is 1. The van der Waals surface area contributed by atoms with Gasteiger partial charge in [0.15, 0.2) is 0 Å². The summed E-state index contributed by atoms with van der Waals surface area (Å²) in [7, 11) is -3.83. The minimum atomic E-state index is -3.83. The summed E-state index contributed by atoms with van der Waals surface area (Å²) in [5.41, 5.74) is 11.8. The summed E-state index contributed by atoms with van der Waals surface area (Å²) < 4.78 is 25.1. The summed E-state index contributed by atoms with van der Waals surface area (Å²) >= 11 is 0.993. The zero-order valence-corrected chi connectivity index (χ0v) is 11.8. The third-order valence-corrected chi connectivity index (χ3v) is 6.35. The molecule has 2 aromatic rings. The first-order valence-electron chi connectivity index (χ1n) is 5.55. The molecule has 1 atom stereocenters. The van der Waals surface area contributed by atoms with E-state index in [2.05, 4.69) is 4.98 Å². The van der Waals surface area contributed by atoms with Crippen LogP contribution in [0.1, 0.15) is 13.3 Å². The molecule has 0 aliphatic heterocycles. The van der Waals surface area contributed by atoms with E-state index in [0.717, 1.165) is 11.3 Å². The number of fused-ring (bicyclic) bond motifs is 1. The third kappa shape index (κ3) is 2.41. The Morgan fingerprint density at radius 3 is 2.74 bits per heavy atom. The zero-order valence-electron chi connectivity index (χ0n) is 10.2. The lowest BCUT2D eigenvalue weighted by atomic mass is 10.3. The van der Waals surface area contributed by atoms with Gasteiger partial charge in [0, 0.05) is 5.69 Å². The van der Waals surface area contributed by atoms with Crippen LogP contribution < -0.4 is 11.5 Å². The van der Waals surface area contributed by atoms with Gasteiger partial charge in [0.05, 0.1) is 10.2 Å². The van der Waals surface area contributed by atoms with Crippen molar-refractivity contribution < 1.29 is 13.2 Å². The van der Waals surface area contributed by atoms with Gasteiger partial charge in [0.2, 0.25) is 20.1 Å². The first-order chi connectivity index (χ1) is 8.86. The van der Waals surface area contributed by atoms with Gasteiger partial charge in [-0.3, -0.25) is 4.79 Å². The molecule has 102 valence electrons. The number of aromatic nitrogens is 1. The molecule has 0 fully saturated rings. The molecule has 1 unspecified atom stereocenters. The van der Waals surface area contributed by atoms with Crippen LogP contribution in [0.5, 0.6) is 0 Å². The number of hydrogen-bond acceptors (Lipinski definition) is 6. The zero-order chi connectivity index (χ0) is 14.2. The minimum Gasteiger partial charge on any atom is -0.399 e. The van der Waals surface area contributed by atoms with Crippen LogP contribution in [-0.4, -0.2) is 24.6 Å². The molecular weight excluding hydrogens is 286 g/mol. The number of nitrogen functional groups attached to an aromatic ring is 1. The highest BCUT2D eigenvalue weighted by Gasteiger charge is 2.33. The van der Waals surface area contributed by atoms with Gasteiger partial charge in [0.25, 0.3) is 0 Å². The number of benzene rings is 1. The van der Waals surface area contributed by atoms with Gasteiger partial charge < -0.3 is 11.5 Å². The van der Waals surface area contributed by atoms with Gasteiger partial charge >= 0.3 is 0 Å². The number of anilines is 1. The molecule has 1 aromatic heterocycles. The smallest absolute Gasteiger partial charge is 0.236 e. The molecule has 6 nitrogen and oxygen atoms in total. The predicted octanol–water partition coefficient (Wildman–Crippen LogP) is 0.916. The van der Waals surface area contributed by atoms with Crippen LogP contribution in [0, 0.1) is 0 Å². The number of hydrogen-bond donors (Lipinski definition) is 2. The number of primary amides is 1. The molecule has 0 radical (unpaired) electrons. The molecule has 1 aromatic carbocycles. The van der Waals surface area contributed by atoms with Crippen LogP contribution in [0.15, 0.2) is 22.5 Å². The molecule has 8 heteroatoms. The van der Waals surface area contributed by atoms with E-state index in [9.17, 15) is 13.2 Å². The average Bonchev–Trinajstić information content (AvgIpc) is 2.72. The second-order valence-corrected chi connectivity index (χ2v) is 7.39. The van der Waals surface area contributed by atoms with E-state index in [1.54, 1.807) is 25.1 Å². The first-order valence-corrected chi connectivity index (χ1v) is 7.91. The van der Waals surface area contributed by atoms with Gasteiger partial charge in [-0.1, -0.05) is 6.92 Å². The predicted molar refractivity (Wildman–Crippen MR) is 74.5 cm³/mol. The summed E-state index contributed by atoms with van der Waals surface area (Å²) in [5.74, 6) is -0.860. The van der Waals surface area contributed by atoms with Gasteiger partial charge in [-0.25, -0.2) is 13.4 Å². The minimum absolute atomic E-state index is 0.0984. The monoisotopic (exact) mass is 299 g/mol. The second-order valence-electron chi connectivity index (χ2n) is 4.05. The number of carbonyl (C=O) groups is 1. The van der Waals surface area contributed by atoms with Crippen LogP contribution in [0.4, 0.5) is 5.69 Å². The van der Waals surface area contributed by atoms with Crippen LogP contribution in [0.3, 0.4) is 0 Å². The van der Waals surface area contributed by atoms with E-state index < -0.39 is 21.0 Å². The molecule has 2 rings (SSSR count). The van der Waals surface area contributed by atoms with E-state index in [4.69, 9.17) is 11.5 Å². The number of sulfone groups is 1. The molecule has 19 heavy (non-hydrogen) atoms. The van der Waals surface area contributed by atoms with E-state index in [1.165, 1.54) is 0 Å². The largest absolute Gasteiger partial charge is 0.399 e. The lowest BCUT2D eigenvalue weighted by Crippen LogP contribution is -2.35. The van der Waals surface area contributed by atoms with E-state index in [-0.39, 0.29) is 10.8 Å². The maximum absolute atomic E-state index is 12.3. The highest BCUT2D eigenvalue weighted by molar-refractivity contribution is 7.94. The van der Waals surface area contributed by atoms with Crippen molar-refractivity contribution in [2.24, 2.45) is 5.73 Å². The highest BCUT2D eigenvalue weighted by atomic mass is 32.2. The lowest BCUT2D eigenvalue weighted by molar-refractivity contribution is -0.117. The Morgan fingerprint density at radius 2 is 2.16 bits per heavy atom. The van der Waals surface area contributed by atoms with Gasteiger partial charge in [-0.05, 0) is 24.6 Å². The molecule has 0 aliphatic carbocycles. The third-order valence-electron chi connectivity index (χ3n) is 2.70. The number of thiazole rings is 1. The number of rotatable bonds is 4. The molecule has 1 amide bonds. The normalized spacial score (nSPS) is 13.5. The topological polar surface area (TPSA) is 116 Å². The van der Waals surface area contributed by atoms with Crippen LogP contribution in [0.2, 0.25) is 0 Å². The Kier molecular flexibility index (Phi) is 3.46. The molecule has 4 N–H and O–H groups in total. The second kappa shape index (κ2) is 4.78. The molecule has 0 aliphatic rings. The number of nitrogens with two attached hydrogens (primary N) is 2.